The Balaban J connectivity index is 1.69. The predicted molar refractivity (Wildman–Crippen MR) is 91.9 cm³/mol. The summed E-state index contributed by atoms with van der Waals surface area (Å²) in [6, 6.07) is 15.7. The van der Waals surface area contributed by atoms with Crippen LogP contribution in [0.15, 0.2) is 47.4 Å². The van der Waals surface area contributed by atoms with E-state index in [1.165, 1.54) is 46.4 Å². The fraction of sp³-hybridized carbons (Fsp3) is 0.368. The van der Waals surface area contributed by atoms with Crippen molar-refractivity contribution in [1.82, 2.24) is 0 Å². The van der Waals surface area contributed by atoms with Crippen LogP contribution in [0.25, 0.3) is 0 Å². The molecule has 110 valence electrons. The summed E-state index contributed by atoms with van der Waals surface area (Å²) in [6.07, 6.45) is 4.72. The molecule has 0 saturated carbocycles. The van der Waals surface area contributed by atoms with Crippen molar-refractivity contribution in [2.45, 2.75) is 43.5 Å². The fourth-order valence-electron chi connectivity index (χ4n) is 3.10. The fourth-order valence-corrected chi connectivity index (χ4v) is 3.76. The number of rotatable bonds is 5. The van der Waals surface area contributed by atoms with Gasteiger partial charge in [0.2, 0.25) is 0 Å². The molecule has 2 heteroatoms. The average molecular weight is 297 g/mol. The Kier molecular flexibility index (Phi) is 4.67. The molecule has 1 atom stereocenters. The minimum absolute atomic E-state index is 0.0881. The molecule has 0 amide bonds. The summed E-state index contributed by atoms with van der Waals surface area (Å²) in [5, 5.41) is 0. The van der Waals surface area contributed by atoms with Crippen LogP contribution in [-0.2, 0) is 19.3 Å². The summed E-state index contributed by atoms with van der Waals surface area (Å²) in [5.41, 5.74) is 12.1. The van der Waals surface area contributed by atoms with Crippen molar-refractivity contribution in [1.29, 1.82) is 0 Å². The lowest BCUT2D eigenvalue weighted by Crippen LogP contribution is -2.13. The Labute approximate surface area is 132 Å². The van der Waals surface area contributed by atoms with Crippen molar-refractivity contribution in [3.8, 4) is 0 Å². The summed E-state index contributed by atoms with van der Waals surface area (Å²) in [5.74, 6) is 1.11. The first-order valence-corrected chi connectivity index (χ1v) is 8.84. The van der Waals surface area contributed by atoms with E-state index in [1.54, 1.807) is 0 Å². The van der Waals surface area contributed by atoms with E-state index in [2.05, 4.69) is 49.4 Å². The Hall–Kier alpha value is -1.25. The van der Waals surface area contributed by atoms with E-state index in [0.717, 1.165) is 12.2 Å². The van der Waals surface area contributed by atoms with Crippen LogP contribution in [-0.4, -0.2) is 5.75 Å². The lowest BCUT2D eigenvalue weighted by Gasteiger charge is -2.14. The Bertz CT molecular complexity index is 603. The van der Waals surface area contributed by atoms with E-state index in [4.69, 9.17) is 5.73 Å². The molecule has 1 aliphatic carbocycles. The van der Waals surface area contributed by atoms with Gasteiger partial charge in [0.25, 0.3) is 0 Å². The Morgan fingerprint density at radius 2 is 1.81 bits per heavy atom. The summed E-state index contributed by atoms with van der Waals surface area (Å²) in [4.78, 5) is 1.32. The maximum absolute atomic E-state index is 6.39. The van der Waals surface area contributed by atoms with Crippen molar-refractivity contribution in [2.75, 3.05) is 5.75 Å². The van der Waals surface area contributed by atoms with Gasteiger partial charge in [-0.25, -0.2) is 0 Å². The zero-order chi connectivity index (χ0) is 14.7. The summed E-state index contributed by atoms with van der Waals surface area (Å²) in [7, 11) is 0. The third-order valence-electron chi connectivity index (χ3n) is 4.24. The molecule has 2 N–H and O–H groups in total. The molecule has 1 unspecified atom stereocenters. The van der Waals surface area contributed by atoms with Crippen LogP contribution in [0.4, 0.5) is 0 Å². The van der Waals surface area contributed by atoms with Crippen molar-refractivity contribution in [3.05, 3.63) is 64.7 Å². The van der Waals surface area contributed by atoms with E-state index in [1.807, 2.05) is 11.8 Å². The van der Waals surface area contributed by atoms with E-state index in [0.29, 0.717) is 0 Å². The Morgan fingerprint density at radius 3 is 2.57 bits per heavy atom. The summed E-state index contributed by atoms with van der Waals surface area (Å²) < 4.78 is 0. The Morgan fingerprint density at radius 1 is 1.05 bits per heavy atom. The predicted octanol–water partition coefficient (Wildman–Crippen LogP) is 4.53. The number of aryl methyl sites for hydroxylation is 2. The van der Waals surface area contributed by atoms with E-state index in [-0.39, 0.29) is 6.04 Å². The zero-order valence-corrected chi connectivity index (χ0v) is 13.5. The molecule has 2 aromatic carbocycles. The van der Waals surface area contributed by atoms with Crippen LogP contribution in [0.1, 0.15) is 41.6 Å². The average Bonchev–Trinajstić information content (AvgIpc) is 2.96. The van der Waals surface area contributed by atoms with Crippen molar-refractivity contribution in [3.63, 3.8) is 0 Å². The smallest absolute Gasteiger partial charge is 0.0335 e. The molecule has 0 radical (unpaired) electrons. The minimum atomic E-state index is 0.0881. The first-order chi connectivity index (χ1) is 10.3. The highest BCUT2D eigenvalue weighted by atomic mass is 32.2. The zero-order valence-electron chi connectivity index (χ0n) is 12.6. The third-order valence-corrected chi connectivity index (χ3v) is 5.13. The van der Waals surface area contributed by atoms with Gasteiger partial charge in [-0.05, 0) is 65.8 Å². The maximum Gasteiger partial charge on any atom is 0.0335 e. The highest BCUT2D eigenvalue weighted by Crippen LogP contribution is 2.26. The normalized spacial score (nSPS) is 15.0. The summed E-state index contributed by atoms with van der Waals surface area (Å²) >= 11 is 1.87. The van der Waals surface area contributed by atoms with Gasteiger partial charge in [-0.15, -0.1) is 11.8 Å². The van der Waals surface area contributed by atoms with Crippen molar-refractivity contribution in [2.24, 2.45) is 5.73 Å². The highest BCUT2D eigenvalue weighted by Gasteiger charge is 2.13. The van der Waals surface area contributed by atoms with Gasteiger partial charge < -0.3 is 5.73 Å². The number of hydrogen-bond donors (Lipinski definition) is 1. The second-order valence-corrected chi connectivity index (χ2v) is 7.11. The van der Waals surface area contributed by atoms with Gasteiger partial charge in [0.1, 0.15) is 0 Å². The van der Waals surface area contributed by atoms with Gasteiger partial charge in [-0.1, -0.05) is 37.3 Å². The molecule has 0 saturated heterocycles. The molecule has 2 aromatic rings. The third kappa shape index (κ3) is 3.50. The molecular weight excluding hydrogens is 274 g/mol. The highest BCUT2D eigenvalue weighted by molar-refractivity contribution is 7.99. The van der Waals surface area contributed by atoms with Crippen LogP contribution < -0.4 is 5.73 Å². The lowest BCUT2D eigenvalue weighted by atomic mass is 9.97. The minimum Gasteiger partial charge on any atom is -0.324 e. The molecular formula is C19H23NS. The molecule has 0 fully saturated rings. The van der Waals surface area contributed by atoms with Crippen LogP contribution in [0.3, 0.4) is 0 Å². The lowest BCUT2D eigenvalue weighted by molar-refractivity contribution is 0.720. The molecule has 0 aromatic heterocycles. The first-order valence-electron chi connectivity index (χ1n) is 7.85. The monoisotopic (exact) mass is 297 g/mol. The molecule has 0 bridgehead atoms. The van der Waals surface area contributed by atoms with Crippen molar-refractivity contribution >= 4 is 11.8 Å². The first kappa shape index (κ1) is 14.7. The van der Waals surface area contributed by atoms with Crippen LogP contribution >= 0.6 is 11.8 Å². The maximum atomic E-state index is 6.39. The van der Waals surface area contributed by atoms with E-state index >= 15 is 0 Å². The van der Waals surface area contributed by atoms with Gasteiger partial charge in [-0.2, -0.15) is 0 Å². The number of fused-ring (bicyclic) bond motifs is 1. The van der Waals surface area contributed by atoms with Crippen molar-refractivity contribution < 1.29 is 0 Å². The second-order valence-electron chi connectivity index (χ2n) is 5.77. The van der Waals surface area contributed by atoms with Crippen LogP contribution in [0, 0.1) is 0 Å². The standard InChI is InChI=1S/C19H23NS/c1-2-21-18-10-8-16(9-11-18)19(20)13-14-6-7-15-4-3-5-17(15)12-14/h6-12,19H,2-5,13,20H2,1H3. The number of benzene rings is 2. The number of thioether (sulfide) groups is 1. The van der Waals surface area contributed by atoms with Gasteiger partial charge in [0.15, 0.2) is 0 Å². The number of nitrogens with two attached hydrogens (primary N) is 1. The molecule has 0 spiro atoms. The molecule has 3 rings (SSSR count). The van der Waals surface area contributed by atoms with E-state index < -0.39 is 0 Å². The van der Waals surface area contributed by atoms with Crippen LogP contribution in [0.2, 0.25) is 0 Å². The largest absolute Gasteiger partial charge is 0.324 e. The van der Waals surface area contributed by atoms with E-state index in [9.17, 15) is 0 Å². The van der Waals surface area contributed by atoms with Gasteiger partial charge in [0.05, 0.1) is 0 Å². The topological polar surface area (TPSA) is 26.0 Å². The molecule has 0 heterocycles. The number of hydrogen-bond acceptors (Lipinski definition) is 2. The summed E-state index contributed by atoms with van der Waals surface area (Å²) in [6.45, 7) is 2.18. The molecule has 1 aliphatic rings. The van der Waals surface area contributed by atoms with Gasteiger partial charge in [-0.3, -0.25) is 0 Å². The SMILES string of the molecule is CCSc1ccc(C(N)Cc2ccc3c(c2)CCC3)cc1. The molecule has 21 heavy (non-hydrogen) atoms. The quantitative estimate of drug-likeness (QED) is 0.821. The second kappa shape index (κ2) is 6.67. The van der Waals surface area contributed by atoms with Crippen LogP contribution in [0.5, 0.6) is 0 Å². The van der Waals surface area contributed by atoms with Gasteiger partial charge in [0, 0.05) is 10.9 Å². The molecule has 1 nitrogen and oxygen atoms in total. The van der Waals surface area contributed by atoms with Gasteiger partial charge >= 0.3 is 0 Å². The molecule has 0 aliphatic heterocycles.